The van der Waals surface area contributed by atoms with E-state index in [0.29, 0.717) is 17.7 Å². The molecule has 1 aromatic carbocycles. The van der Waals surface area contributed by atoms with Gasteiger partial charge in [-0.15, -0.1) is 0 Å². The highest BCUT2D eigenvalue weighted by atomic mass is 16.2. The van der Waals surface area contributed by atoms with Crippen LogP contribution in [0, 0.1) is 17.8 Å². The van der Waals surface area contributed by atoms with Gasteiger partial charge in [-0.1, -0.05) is 6.07 Å². The number of nitrogens with one attached hydrogen (secondary N) is 2. The first-order valence-electron chi connectivity index (χ1n) is 8.28. The van der Waals surface area contributed by atoms with Crippen LogP contribution in [0.25, 0.3) is 0 Å². The number of amides is 2. The molecule has 4 aliphatic rings. The SMILES string of the molecule is O=CNc1cccc(C(=O)NC23CC4CC(CC(C4)C2)C3)c1. The number of carbonyl (C=O) groups is 2. The second-order valence-corrected chi connectivity index (χ2v) is 7.50. The van der Waals surface area contributed by atoms with Gasteiger partial charge in [0.15, 0.2) is 0 Å². The van der Waals surface area contributed by atoms with Gasteiger partial charge in [-0.25, -0.2) is 0 Å². The van der Waals surface area contributed by atoms with Crippen LogP contribution in [0.5, 0.6) is 0 Å². The minimum absolute atomic E-state index is 0.00324. The van der Waals surface area contributed by atoms with E-state index in [1.165, 1.54) is 19.3 Å². The largest absolute Gasteiger partial charge is 0.347 e. The highest BCUT2D eigenvalue weighted by Gasteiger charge is 2.51. The van der Waals surface area contributed by atoms with E-state index in [1.807, 2.05) is 6.07 Å². The fourth-order valence-corrected chi connectivity index (χ4v) is 5.40. The Morgan fingerprint density at radius 2 is 1.73 bits per heavy atom. The zero-order valence-electron chi connectivity index (χ0n) is 12.7. The molecule has 4 aliphatic carbocycles. The molecule has 0 aromatic heterocycles. The van der Waals surface area contributed by atoms with E-state index in [2.05, 4.69) is 10.6 Å². The van der Waals surface area contributed by atoms with E-state index in [4.69, 9.17) is 0 Å². The van der Waals surface area contributed by atoms with Crippen molar-refractivity contribution in [3.8, 4) is 0 Å². The Labute approximate surface area is 130 Å². The molecule has 0 radical (unpaired) electrons. The summed E-state index contributed by atoms with van der Waals surface area (Å²) in [5.41, 5.74) is 1.32. The topological polar surface area (TPSA) is 58.2 Å². The molecule has 4 bridgehead atoms. The van der Waals surface area contributed by atoms with Crippen molar-refractivity contribution in [3.63, 3.8) is 0 Å². The number of hydrogen-bond donors (Lipinski definition) is 2. The number of carbonyl (C=O) groups excluding carboxylic acids is 2. The number of rotatable bonds is 4. The maximum atomic E-state index is 12.7. The summed E-state index contributed by atoms with van der Waals surface area (Å²) in [5, 5.41) is 5.96. The van der Waals surface area contributed by atoms with Crippen LogP contribution in [-0.2, 0) is 4.79 Å². The van der Waals surface area contributed by atoms with Gasteiger partial charge in [-0.05, 0) is 74.5 Å². The van der Waals surface area contributed by atoms with Gasteiger partial charge in [0.1, 0.15) is 0 Å². The summed E-state index contributed by atoms with van der Waals surface area (Å²) in [4.78, 5) is 23.2. The quantitative estimate of drug-likeness (QED) is 0.840. The predicted octanol–water partition coefficient (Wildman–Crippen LogP) is 2.95. The number of benzene rings is 1. The van der Waals surface area contributed by atoms with Crippen LogP contribution in [0.1, 0.15) is 48.9 Å². The van der Waals surface area contributed by atoms with Crippen LogP contribution in [0.2, 0.25) is 0 Å². The number of hydrogen-bond acceptors (Lipinski definition) is 2. The molecule has 0 atom stereocenters. The zero-order valence-corrected chi connectivity index (χ0v) is 12.7. The molecular formula is C18H22N2O2. The van der Waals surface area contributed by atoms with E-state index in [-0.39, 0.29) is 11.4 Å². The molecule has 1 aromatic rings. The lowest BCUT2D eigenvalue weighted by Gasteiger charge is -2.56. The van der Waals surface area contributed by atoms with Gasteiger partial charge in [0.05, 0.1) is 0 Å². The fourth-order valence-electron chi connectivity index (χ4n) is 5.40. The van der Waals surface area contributed by atoms with Crippen LogP contribution >= 0.6 is 0 Å². The molecule has 0 heterocycles. The highest BCUT2D eigenvalue weighted by molar-refractivity contribution is 5.96. The minimum atomic E-state index is -0.00324. The monoisotopic (exact) mass is 298 g/mol. The first-order valence-corrected chi connectivity index (χ1v) is 8.28. The average Bonchev–Trinajstić information content (AvgIpc) is 2.46. The Kier molecular flexibility index (Phi) is 3.21. The summed E-state index contributed by atoms with van der Waals surface area (Å²) >= 11 is 0. The van der Waals surface area contributed by atoms with Gasteiger partial charge in [-0.3, -0.25) is 9.59 Å². The molecule has 116 valence electrons. The normalized spacial score (nSPS) is 35.2. The number of anilines is 1. The van der Waals surface area contributed by atoms with Crippen molar-refractivity contribution in [2.45, 2.75) is 44.1 Å². The summed E-state index contributed by atoms with van der Waals surface area (Å²) < 4.78 is 0. The molecule has 0 spiro atoms. The predicted molar refractivity (Wildman–Crippen MR) is 84.5 cm³/mol. The highest BCUT2D eigenvalue weighted by Crippen LogP contribution is 2.55. The van der Waals surface area contributed by atoms with Crippen LogP contribution < -0.4 is 10.6 Å². The van der Waals surface area contributed by atoms with E-state index >= 15 is 0 Å². The van der Waals surface area contributed by atoms with Gasteiger partial charge < -0.3 is 10.6 Å². The molecule has 0 saturated heterocycles. The maximum absolute atomic E-state index is 12.7. The van der Waals surface area contributed by atoms with E-state index in [1.54, 1.807) is 18.2 Å². The Morgan fingerprint density at radius 3 is 2.32 bits per heavy atom. The lowest BCUT2D eigenvalue weighted by atomic mass is 9.53. The first-order chi connectivity index (χ1) is 10.7. The molecule has 2 amide bonds. The van der Waals surface area contributed by atoms with Crippen molar-refractivity contribution in [2.75, 3.05) is 5.32 Å². The van der Waals surface area contributed by atoms with E-state index < -0.39 is 0 Å². The Balaban J connectivity index is 1.52. The average molecular weight is 298 g/mol. The van der Waals surface area contributed by atoms with Crippen molar-refractivity contribution in [1.29, 1.82) is 0 Å². The molecule has 0 aliphatic heterocycles. The molecular weight excluding hydrogens is 276 g/mol. The van der Waals surface area contributed by atoms with Gasteiger partial charge in [-0.2, -0.15) is 0 Å². The van der Waals surface area contributed by atoms with Crippen molar-refractivity contribution >= 4 is 18.0 Å². The third-order valence-corrected chi connectivity index (χ3v) is 5.77. The lowest BCUT2D eigenvalue weighted by Crippen LogP contribution is -2.59. The van der Waals surface area contributed by atoms with Gasteiger partial charge >= 0.3 is 0 Å². The van der Waals surface area contributed by atoms with E-state index in [0.717, 1.165) is 37.0 Å². The standard InChI is InChI=1S/C18H22N2O2/c21-11-19-16-3-1-2-15(7-16)17(22)20-18-8-12-4-13(9-18)6-14(5-12)10-18/h1-3,7,11-14H,4-6,8-10H2,(H,19,21)(H,20,22). The maximum Gasteiger partial charge on any atom is 0.251 e. The summed E-state index contributed by atoms with van der Waals surface area (Å²) in [6, 6.07) is 7.15. The molecule has 22 heavy (non-hydrogen) atoms. The van der Waals surface area contributed by atoms with Crippen LogP contribution in [0.15, 0.2) is 24.3 Å². The van der Waals surface area contributed by atoms with Gasteiger partial charge in [0, 0.05) is 16.8 Å². The van der Waals surface area contributed by atoms with Gasteiger partial charge in [0.2, 0.25) is 6.41 Å². The molecule has 0 unspecified atom stereocenters. The first kappa shape index (κ1) is 13.8. The molecule has 4 saturated carbocycles. The minimum Gasteiger partial charge on any atom is -0.347 e. The molecule has 4 heteroatoms. The van der Waals surface area contributed by atoms with Crippen LogP contribution in [-0.4, -0.2) is 17.9 Å². The van der Waals surface area contributed by atoms with Crippen molar-refractivity contribution in [3.05, 3.63) is 29.8 Å². The van der Waals surface area contributed by atoms with Crippen molar-refractivity contribution in [2.24, 2.45) is 17.8 Å². The molecule has 4 nitrogen and oxygen atoms in total. The van der Waals surface area contributed by atoms with Gasteiger partial charge in [0.25, 0.3) is 5.91 Å². The zero-order chi connectivity index (χ0) is 15.2. The van der Waals surface area contributed by atoms with E-state index in [9.17, 15) is 9.59 Å². The summed E-state index contributed by atoms with van der Waals surface area (Å²) in [5.74, 6) is 2.44. The van der Waals surface area contributed by atoms with Crippen molar-refractivity contribution in [1.82, 2.24) is 5.32 Å². The Morgan fingerprint density at radius 1 is 1.09 bits per heavy atom. The lowest BCUT2D eigenvalue weighted by molar-refractivity contribution is -0.105. The Hall–Kier alpha value is -1.84. The third-order valence-electron chi connectivity index (χ3n) is 5.77. The van der Waals surface area contributed by atoms with Crippen LogP contribution in [0.4, 0.5) is 5.69 Å². The van der Waals surface area contributed by atoms with Crippen LogP contribution in [0.3, 0.4) is 0 Å². The Bertz CT molecular complexity index is 576. The second-order valence-electron chi connectivity index (χ2n) is 7.50. The molecule has 4 fully saturated rings. The summed E-state index contributed by atoms with van der Waals surface area (Å²) in [7, 11) is 0. The smallest absolute Gasteiger partial charge is 0.251 e. The second kappa shape index (κ2) is 5.11. The van der Waals surface area contributed by atoms with Crippen molar-refractivity contribution < 1.29 is 9.59 Å². The molecule has 5 rings (SSSR count). The fraction of sp³-hybridized carbons (Fsp3) is 0.556. The third kappa shape index (κ3) is 2.40. The molecule has 2 N–H and O–H groups in total. The summed E-state index contributed by atoms with van der Waals surface area (Å²) in [6.45, 7) is 0. The summed E-state index contributed by atoms with van der Waals surface area (Å²) in [6.07, 6.45) is 8.19.